The molecule has 11 heteroatoms. The van der Waals surface area contributed by atoms with E-state index in [2.05, 4.69) is 38.8 Å². The largest absolute Gasteiger partial charge is 0.411 e. The fraction of sp³-hybridized carbons (Fsp3) is 0.765. The van der Waals surface area contributed by atoms with Gasteiger partial charge in [-0.2, -0.15) is 8.42 Å². The predicted molar refractivity (Wildman–Crippen MR) is 108 cm³/mol. The third-order valence-corrected chi connectivity index (χ3v) is 10.8. The number of ether oxygens (including phenoxy) is 1. The normalized spacial score (nSPS) is 23.9. The molecule has 1 aromatic rings. The molecule has 0 unspecified atom stereocenters. The Morgan fingerprint density at radius 3 is 2.50 bits per heavy atom. The number of H-pyrrole nitrogens is 1. The molecule has 0 aromatic carbocycles. The van der Waals surface area contributed by atoms with Gasteiger partial charge in [0.25, 0.3) is 15.7 Å². The second-order valence-corrected chi connectivity index (χ2v) is 15.2. The summed E-state index contributed by atoms with van der Waals surface area (Å²) in [7, 11) is -6.34. The van der Waals surface area contributed by atoms with Crippen LogP contribution in [0.2, 0.25) is 18.1 Å². The van der Waals surface area contributed by atoms with Crippen LogP contribution in [0.4, 0.5) is 0 Å². The highest BCUT2D eigenvalue weighted by molar-refractivity contribution is 7.85. The number of aryl methyl sites for hydroxylation is 1. The summed E-state index contributed by atoms with van der Waals surface area (Å²) in [5.74, 6) is -0.457. The van der Waals surface area contributed by atoms with Gasteiger partial charge in [-0.15, -0.1) is 0 Å². The van der Waals surface area contributed by atoms with Crippen LogP contribution in [0.1, 0.15) is 45.4 Å². The van der Waals surface area contributed by atoms with E-state index >= 15 is 0 Å². The zero-order valence-corrected chi connectivity index (χ0v) is 19.0. The van der Waals surface area contributed by atoms with Crippen molar-refractivity contribution >= 4 is 18.4 Å². The van der Waals surface area contributed by atoms with E-state index < -0.39 is 53.9 Å². The second kappa shape index (κ2) is 7.86. The molecule has 1 aliphatic heterocycles. The summed E-state index contributed by atoms with van der Waals surface area (Å²) >= 11 is 0. The number of aromatic nitrogens is 2. The molecule has 0 aliphatic carbocycles. The van der Waals surface area contributed by atoms with Crippen molar-refractivity contribution in [3.05, 3.63) is 32.6 Å². The van der Waals surface area contributed by atoms with Gasteiger partial charge in [0, 0.05) is 18.2 Å². The monoisotopic (exact) mass is 434 g/mol. The van der Waals surface area contributed by atoms with Crippen LogP contribution in [0, 0.1) is 6.92 Å². The summed E-state index contributed by atoms with van der Waals surface area (Å²) in [5.41, 5.74) is -0.690. The molecule has 0 bridgehead atoms. The van der Waals surface area contributed by atoms with Crippen LogP contribution >= 0.6 is 0 Å². The van der Waals surface area contributed by atoms with E-state index in [1.165, 1.54) is 10.8 Å². The molecule has 1 aromatic heterocycles. The maximum absolute atomic E-state index is 12.2. The van der Waals surface area contributed by atoms with Crippen molar-refractivity contribution < 1.29 is 22.1 Å². The van der Waals surface area contributed by atoms with Gasteiger partial charge in [0.15, 0.2) is 8.32 Å². The fourth-order valence-corrected chi connectivity index (χ4v) is 4.76. The molecular weight excluding hydrogens is 404 g/mol. The van der Waals surface area contributed by atoms with Crippen molar-refractivity contribution in [3.8, 4) is 0 Å². The minimum atomic E-state index is -4.15. The first kappa shape index (κ1) is 23.0. The Kier molecular flexibility index (Phi) is 6.46. The predicted octanol–water partition coefficient (Wildman–Crippen LogP) is 1.80. The van der Waals surface area contributed by atoms with Crippen molar-refractivity contribution in [2.45, 2.75) is 77.1 Å². The molecule has 0 amide bonds. The average Bonchev–Trinajstić information content (AvgIpc) is 2.89. The standard InChI is InChI=1S/C17H30N2O7SSi/c1-11-10-19(16(21)18-15(11)20)14-9-13(26-28(5,6)17(2,3)4)12(25-14)7-8-27(22,23)24/h10,12-14H,7-9H2,1-6H3,(H,18,20,21)(H,22,23,24)/t12-,13+,14-/m1/s1. The minimum absolute atomic E-state index is 0.0473. The highest BCUT2D eigenvalue weighted by Gasteiger charge is 2.45. The van der Waals surface area contributed by atoms with Gasteiger partial charge in [0.05, 0.1) is 18.0 Å². The number of aromatic amines is 1. The van der Waals surface area contributed by atoms with Crippen LogP contribution < -0.4 is 11.2 Å². The molecular formula is C17H30N2O7SSi. The minimum Gasteiger partial charge on any atom is -0.411 e. The summed E-state index contributed by atoms with van der Waals surface area (Å²) in [5, 5.41) is -0.0654. The molecule has 2 heterocycles. The Balaban J connectivity index is 2.32. The van der Waals surface area contributed by atoms with Gasteiger partial charge >= 0.3 is 5.69 Å². The maximum Gasteiger partial charge on any atom is 0.330 e. The van der Waals surface area contributed by atoms with Gasteiger partial charge in [-0.1, -0.05) is 20.8 Å². The van der Waals surface area contributed by atoms with Crippen molar-refractivity contribution in [1.29, 1.82) is 0 Å². The molecule has 2 N–H and O–H groups in total. The molecule has 1 saturated heterocycles. The number of hydrogen-bond donors (Lipinski definition) is 2. The number of hydrogen-bond acceptors (Lipinski definition) is 6. The molecule has 0 spiro atoms. The molecule has 9 nitrogen and oxygen atoms in total. The lowest BCUT2D eigenvalue weighted by molar-refractivity contribution is -0.0196. The molecule has 3 atom stereocenters. The van der Waals surface area contributed by atoms with E-state index in [0.717, 1.165) is 0 Å². The lowest BCUT2D eigenvalue weighted by atomic mass is 10.1. The molecule has 0 saturated carbocycles. The average molecular weight is 435 g/mol. The molecule has 1 aliphatic rings. The summed E-state index contributed by atoms with van der Waals surface area (Å²) in [6, 6.07) is 0. The third-order valence-electron chi connectivity index (χ3n) is 5.55. The Morgan fingerprint density at radius 2 is 1.96 bits per heavy atom. The summed E-state index contributed by atoms with van der Waals surface area (Å²) < 4.78 is 45.2. The van der Waals surface area contributed by atoms with Crippen molar-refractivity contribution in [1.82, 2.24) is 9.55 Å². The van der Waals surface area contributed by atoms with Crippen molar-refractivity contribution in [3.63, 3.8) is 0 Å². The second-order valence-electron chi connectivity index (χ2n) is 8.83. The van der Waals surface area contributed by atoms with Gasteiger partial charge in [-0.25, -0.2) is 4.79 Å². The molecule has 1 fully saturated rings. The van der Waals surface area contributed by atoms with Crippen LogP contribution in [-0.2, 0) is 19.3 Å². The maximum atomic E-state index is 12.2. The zero-order chi connectivity index (χ0) is 21.5. The van der Waals surface area contributed by atoms with Crippen LogP contribution in [0.3, 0.4) is 0 Å². The van der Waals surface area contributed by atoms with Crippen LogP contribution in [0.15, 0.2) is 15.8 Å². The molecule has 0 radical (unpaired) electrons. The third kappa shape index (κ3) is 5.41. The highest BCUT2D eigenvalue weighted by atomic mass is 32.2. The number of nitrogens with one attached hydrogen (secondary N) is 1. The van der Waals surface area contributed by atoms with Crippen molar-refractivity contribution in [2.75, 3.05) is 5.75 Å². The quantitative estimate of drug-likeness (QED) is 0.516. The van der Waals surface area contributed by atoms with E-state index in [0.29, 0.717) is 12.0 Å². The van der Waals surface area contributed by atoms with E-state index in [1.807, 2.05) is 0 Å². The SMILES string of the molecule is Cc1cn([C@H]2C[C@H](O[Si](C)(C)C(C)(C)C)[C@@H](CCS(=O)(=O)O)O2)c(=O)[nH]c1=O. The van der Waals surface area contributed by atoms with E-state index in [-0.39, 0.29) is 11.5 Å². The van der Waals surface area contributed by atoms with Gasteiger partial charge in [-0.3, -0.25) is 18.9 Å². The first-order valence-electron chi connectivity index (χ1n) is 9.21. The number of rotatable bonds is 6. The summed E-state index contributed by atoms with van der Waals surface area (Å²) in [6.45, 7) is 12.0. The first-order valence-corrected chi connectivity index (χ1v) is 13.7. The Labute approximate surface area is 166 Å². The first-order chi connectivity index (χ1) is 12.6. The molecule has 28 heavy (non-hydrogen) atoms. The fourth-order valence-electron chi connectivity index (χ4n) is 2.87. The Morgan fingerprint density at radius 1 is 1.36 bits per heavy atom. The lowest BCUT2D eigenvalue weighted by Gasteiger charge is -2.39. The summed E-state index contributed by atoms with van der Waals surface area (Å²) in [6.07, 6.45) is 0.108. The van der Waals surface area contributed by atoms with Gasteiger partial charge in [-0.05, 0) is 31.5 Å². The van der Waals surface area contributed by atoms with Crippen molar-refractivity contribution in [2.24, 2.45) is 0 Å². The van der Waals surface area contributed by atoms with Crippen LogP contribution in [0.25, 0.3) is 0 Å². The van der Waals surface area contributed by atoms with Crippen LogP contribution in [0.5, 0.6) is 0 Å². The van der Waals surface area contributed by atoms with Gasteiger partial charge in [0.1, 0.15) is 6.23 Å². The molecule has 160 valence electrons. The smallest absolute Gasteiger partial charge is 0.330 e. The Bertz CT molecular complexity index is 930. The van der Waals surface area contributed by atoms with Gasteiger partial charge in [0.2, 0.25) is 0 Å². The van der Waals surface area contributed by atoms with Gasteiger partial charge < -0.3 is 9.16 Å². The zero-order valence-electron chi connectivity index (χ0n) is 17.2. The highest BCUT2D eigenvalue weighted by Crippen LogP contribution is 2.41. The lowest BCUT2D eigenvalue weighted by Crippen LogP contribution is -2.46. The van der Waals surface area contributed by atoms with Crippen LogP contribution in [-0.4, -0.2) is 48.8 Å². The topological polar surface area (TPSA) is 128 Å². The van der Waals surface area contributed by atoms with E-state index in [4.69, 9.17) is 13.7 Å². The number of nitrogens with zero attached hydrogens (tertiary/aromatic N) is 1. The molecule has 2 rings (SSSR count). The van der Waals surface area contributed by atoms with E-state index in [1.54, 1.807) is 6.92 Å². The van der Waals surface area contributed by atoms with E-state index in [9.17, 15) is 18.0 Å². The summed E-state index contributed by atoms with van der Waals surface area (Å²) in [4.78, 5) is 26.1. The Hall–Kier alpha value is -1.27.